The van der Waals surface area contributed by atoms with Crippen molar-refractivity contribution in [3.63, 3.8) is 0 Å². The third kappa shape index (κ3) is 7.38. The zero-order valence-corrected chi connectivity index (χ0v) is 26.1. The predicted molar refractivity (Wildman–Crippen MR) is 120 cm³/mol. The Kier molecular flexibility index (Phi) is 12.3. The Bertz CT molecular complexity index is 1190. The monoisotopic (exact) mass is 555 g/mol. The summed E-state index contributed by atoms with van der Waals surface area (Å²) < 4.78 is 67.6. The molecule has 0 atom stereocenters. The number of hydrogen-bond donors (Lipinski definition) is 0. The van der Waals surface area contributed by atoms with E-state index in [1.54, 1.807) is 0 Å². The molecule has 0 N–H and O–H groups in total. The van der Waals surface area contributed by atoms with Gasteiger partial charge in [-0.05, 0) is 74.6 Å². The zero-order chi connectivity index (χ0) is 25.3. The van der Waals surface area contributed by atoms with Crippen molar-refractivity contribution in [1.82, 2.24) is 4.90 Å². The standard InChI is InChI=1S/C21H25N3O8S2.2Na/c1-3-22(4-2)14-13-19-20(25)23(15-5-9-17(10-6-15)33(27,28)29)24(21(19)26)16-7-11-18(12-8-16)34(30,31)32;;/h5-12,19H,3-4,13-14H2,1-2H3,(H,27,28,29)(H,30,31,32);;/q;2*+1/p-2. The molecule has 15 heteroatoms. The molecule has 11 nitrogen and oxygen atoms in total. The van der Waals surface area contributed by atoms with E-state index in [0.717, 1.165) is 47.4 Å². The minimum atomic E-state index is -4.71. The Balaban J connectivity index is 0.00000324. The van der Waals surface area contributed by atoms with Crippen molar-refractivity contribution in [1.29, 1.82) is 0 Å². The van der Waals surface area contributed by atoms with E-state index >= 15 is 0 Å². The molecule has 0 saturated carbocycles. The van der Waals surface area contributed by atoms with Crippen LogP contribution in [-0.2, 0) is 29.8 Å². The molecule has 1 heterocycles. The van der Waals surface area contributed by atoms with Crippen LogP contribution < -0.4 is 69.1 Å². The van der Waals surface area contributed by atoms with Crippen LogP contribution in [0.15, 0.2) is 58.3 Å². The minimum Gasteiger partial charge on any atom is -0.744 e. The number of hydrogen-bond acceptors (Lipinski definition) is 9. The summed E-state index contributed by atoms with van der Waals surface area (Å²) in [7, 11) is -9.43. The van der Waals surface area contributed by atoms with E-state index in [9.17, 15) is 35.5 Å². The molecule has 36 heavy (non-hydrogen) atoms. The first kappa shape index (κ1) is 33.2. The fourth-order valence-electron chi connectivity index (χ4n) is 3.69. The van der Waals surface area contributed by atoms with Gasteiger partial charge in [-0.2, -0.15) is 0 Å². The molecule has 0 aliphatic carbocycles. The molecule has 0 radical (unpaired) electrons. The van der Waals surface area contributed by atoms with Crippen molar-refractivity contribution in [3.05, 3.63) is 48.5 Å². The van der Waals surface area contributed by atoms with Gasteiger partial charge < -0.3 is 14.0 Å². The molecule has 3 rings (SSSR count). The first-order valence-corrected chi connectivity index (χ1v) is 13.2. The third-order valence-corrected chi connectivity index (χ3v) is 7.28. The third-order valence-electron chi connectivity index (χ3n) is 5.58. The van der Waals surface area contributed by atoms with E-state index < -0.39 is 47.8 Å². The van der Waals surface area contributed by atoms with Crippen molar-refractivity contribution < 1.29 is 94.6 Å². The minimum absolute atomic E-state index is 0. The van der Waals surface area contributed by atoms with Gasteiger partial charge in [0.25, 0.3) is 11.8 Å². The van der Waals surface area contributed by atoms with Crippen LogP contribution in [0.5, 0.6) is 0 Å². The van der Waals surface area contributed by atoms with E-state index in [-0.39, 0.29) is 76.9 Å². The summed E-state index contributed by atoms with van der Waals surface area (Å²) in [6, 6.07) is 9.04. The van der Waals surface area contributed by atoms with Crippen LogP contribution in [0.4, 0.5) is 11.4 Å². The summed E-state index contributed by atoms with van der Waals surface area (Å²) in [4.78, 5) is 27.7. The van der Waals surface area contributed by atoms with Crippen molar-refractivity contribution in [2.45, 2.75) is 30.1 Å². The number of nitrogens with zero attached hydrogens (tertiary/aromatic N) is 3. The number of anilines is 2. The van der Waals surface area contributed by atoms with Crippen molar-refractivity contribution in [2.75, 3.05) is 29.7 Å². The molecule has 2 amide bonds. The average Bonchev–Trinajstić information content (AvgIpc) is 3.03. The number of amides is 2. The number of benzene rings is 2. The van der Waals surface area contributed by atoms with E-state index in [1.165, 1.54) is 24.3 Å². The molecule has 2 aromatic rings. The first-order valence-electron chi connectivity index (χ1n) is 10.4. The maximum absolute atomic E-state index is 13.3. The van der Waals surface area contributed by atoms with Gasteiger partial charge in [-0.1, -0.05) is 13.8 Å². The number of rotatable bonds is 9. The van der Waals surface area contributed by atoms with Gasteiger partial charge in [0.15, 0.2) is 0 Å². The first-order chi connectivity index (χ1) is 15.9. The Labute approximate surface area is 254 Å². The van der Waals surface area contributed by atoms with Crippen LogP contribution in [0, 0.1) is 5.92 Å². The van der Waals surface area contributed by atoms with E-state index in [4.69, 9.17) is 0 Å². The van der Waals surface area contributed by atoms with Gasteiger partial charge in [0, 0.05) is 0 Å². The van der Waals surface area contributed by atoms with Crippen LogP contribution in [0.25, 0.3) is 0 Å². The Hall–Kier alpha value is -0.840. The Morgan fingerprint density at radius 3 is 1.33 bits per heavy atom. The van der Waals surface area contributed by atoms with Gasteiger partial charge in [-0.25, -0.2) is 26.9 Å². The van der Waals surface area contributed by atoms with Gasteiger partial charge in [-0.15, -0.1) is 0 Å². The maximum atomic E-state index is 13.3. The molecule has 1 fully saturated rings. The molecular formula is C21H23N3Na2O8S2. The number of carbonyl (C=O) groups is 2. The van der Waals surface area contributed by atoms with Crippen LogP contribution in [0.3, 0.4) is 0 Å². The number of carbonyl (C=O) groups excluding carboxylic acids is 2. The van der Waals surface area contributed by atoms with Crippen LogP contribution >= 0.6 is 0 Å². The molecule has 1 saturated heterocycles. The van der Waals surface area contributed by atoms with E-state index in [2.05, 4.69) is 4.90 Å². The van der Waals surface area contributed by atoms with Crippen molar-refractivity contribution in [3.8, 4) is 0 Å². The summed E-state index contributed by atoms with van der Waals surface area (Å²) in [6.07, 6.45) is 0.229. The molecule has 1 aliphatic heterocycles. The number of hydrazine groups is 1. The van der Waals surface area contributed by atoms with Crippen LogP contribution in [0.1, 0.15) is 20.3 Å². The van der Waals surface area contributed by atoms with Gasteiger partial charge in [0.1, 0.15) is 26.2 Å². The van der Waals surface area contributed by atoms with E-state index in [1.807, 2.05) is 13.8 Å². The molecular weight excluding hydrogens is 532 g/mol. The van der Waals surface area contributed by atoms with Crippen LogP contribution in [0.2, 0.25) is 0 Å². The maximum Gasteiger partial charge on any atom is 1.00 e. The fraction of sp³-hybridized carbons (Fsp3) is 0.333. The molecule has 0 spiro atoms. The molecule has 1 aliphatic rings. The fourth-order valence-corrected chi connectivity index (χ4v) is 4.63. The van der Waals surface area contributed by atoms with Crippen molar-refractivity contribution >= 4 is 43.4 Å². The Morgan fingerprint density at radius 1 is 0.722 bits per heavy atom. The zero-order valence-electron chi connectivity index (χ0n) is 20.4. The summed E-state index contributed by atoms with van der Waals surface area (Å²) in [6.45, 7) is 5.86. The van der Waals surface area contributed by atoms with E-state index in [0.29, 0.717) is 6.54 Å². The molecule has 0 bridgehead atoms. The predicted octanol–water partition coefficient (Wildman–Crippen LogP) is -4.85. The van der Waals surface area contributed by atoms with Gasteiger partial charge in [-0.3, -0.25) is 9.59 Å². The molecule has 0 unspecified atom stereocenters. The van der Waals surface area contributed by atoms with Gasteiger partial charge in [0.2, 0.25) is 0 Å². The Morgan fingerprint density at radius 2 is 1.06 bits per heavy atom. The smallest absolute Gasteiger partial charge is 0.744 e. The van der Waals surface area contributed by atoms with Gasteiger partial charge in [0.05, 0.1) is 21.2 Å². The molecule has 0 aromatic heterocycles. The SMILES string of the molecule is CCN(CC)CCC1C(=O)N(c2ccc(S(=O)(=O)[O-])cc2)N(c2ccc(S(=O)(=O)[O-])cc2)C1=O.[Na+].[Na+]. The van der Waals surface area contributed by atoms with Gasteiger partial charge >= 0.3 is 59.1 Å². The largest absolute Gasteiger partial charge is 1.00 e. The normalized spacial score (nSPS) is 14.7. The second-order valence-corrected chi connectivity index (χ2v) is 10.3. The topological polar surface area (TPSA) is 158 Å². The second kappa shape index (κ2) is 13.3. The summed E-state index contributed by atoms with van der Waals surface area (Å²) >= 11 is 0. The summed E-state index contributed by atoms with van der Waals surface area (Å²) in [5, 5.41) is 2.11. The summed E-state index contributed by atoms with van der Waals surface area (Å²) in [5.74, 6) is -2.16. The van der Waals surface area contributed by atoms with Crippen molar-refractivity contribution in [2.24, 2.45) is 5.92 Å². The second-order valence-electron chi connectivity index (χ2n) is 7.56. The molecule has 184 valence electrons. The molecule has 2 aromatic carbocycles. The summed E-state index contributed by atoms with van der Waals surface area (Å²) in [5.41, 5.74) is 0.272. The average molecular weight is 556 g/mol. The van der Waals surface area contributed by atoms with Crippen LogP contribution in [-0.4, -0.2) is 62.3 Å². The quantitative estimate of drug-likeness (QED) is 0.168.